The van der Waals surface area contributed by atoms with E-state index in [9.17, 15) is 10.1 Å². The molecule has 1 aromatic rings. The van der Waals surface area contributed by atoms with Crippen molar-refractivity contribution in [3.8, 4) is 0 Å². The smallest absolute Gasteiger partial charge is 0.258 e. The minimum Gasteiger partial charge on any atom is -0.258 e. The Hall–Kier alpha value is -1.64. The van der Waals surface area contributed by atoms with E-state index in [2.05, 4.69) is 6.92 Å². The second-order valence-electron chi connectivity index (χ2n) is 3.57. The Kier molecular flexibility index (Phi) is 2.08. The van der Waals surface area contributed by atoms with Crippen LogP contribution in [0.3, 0.4) is 0 Å². The molecular formula is C11H11NO2. The van der Waals surface area contributed by atoms with E-state index in [4.69, 9.17) is 0 Å². The van der Waals surface area contributed by atoms with Crippen LogP contribution in [0.4, 0.5) is 5.69 Å². The SMILES string of the molecule is CC1=C(c2cccc([N+](=O)[O-])c2)CC1. The zero-order chi connectivity index (χ0) is 10.1. The molecule has 0 aromatic heterocycles. The van der Waals surface area contributed by atoms with E-state index >= 15 is 0 Å². The van der Waals surface area contributed by atoms with E-state index in [1.807, 2.05) is 6.07 Å². The van der Waals surface area contributed by atoms with Crippen LogP contribution in [0.15, 0.2) is 29.8 Å². The number of hydrogen-bond donors (Lipinski definition) is 0. The molecule has 3 heteroatoms. The highest BCUT2D eigenvalue weighted by Gasteiger charge is 2.16. The van der Waals surface area contributed by atoms with Crippen molar-refractivity contribution in [2.75, 3.05) is 0 Å². The number of nitro benzene ring substituents is 1. The molecule has 0 heterocycles. The summed E-state index contributed by atoms with van der Waals surface area (Å²) in [7, 11) is 0. The van der Waals surface area contributed by atoms with Crippen molar-refractivity contribution in [2.24, 2.45) is 0 Å². The van der Waals surface area contributed by atoms with Gasteiger partial charge in [-0.05, 0) is 30.9 Å². The highest BCUT2D eigenvalue weighted by Crippen LogP contribution is 2.36. The molecule has 0 saturated carbocycles. The Morgan fingerprint density at radius 3 is 2.64 bits per heavy atom. The number of nitro groups is 1. The van der Waals surface area contributed by atoms with Crippen molar-refractivity contribution in [1.29, 1.82) is 0 Å². The molecular weight excluding hydrogens is 178 g/mol. The summed E-state index contributed by atoms with van der Waals surface area (Å²) in [4.78, 5) is 10.2. The Morgan fingerprint density at radius 2 is 2.14 bits per heavy atom. The average Bonchev–Trinajstić information content (AvgIpc) is 2.16. The predicted molar refractivity (Wildman–Crippen MR) is 54.9 cm³/mol. The lowest BCUT2D eigenvalue weighted by Gasteiger charge is -2.20. The highest BCUT2D eigenvalue weighted by atomic mass is 16.6. The molecule has 1 aliphatic carbocycles. The first-order valence-electron chi connectivity index (χ1n) is 4.62. The maximum atomic E-state index is 10.6. The molecule has 2 rings (SSSR count). The van der Waals surface area contributed by atoms with Crippen LogP contribution in [0.2, 0.25) is 0 Å². The lowest BCUT2D eigenvalue weighted by Crippen LogP contribution is -2.00. The van der Waals surface area contributed by atoms with Crippen LogP contribution in [0.25, 0.3) is 5.57 Å². The summed E-state index contributed by atoms with van der Waals surface area (Å²) >= 11 is 0. The fourth-order valence-corrected chi connectivity index (χ4v) is 1.70. The molecule has 0 saturated heterocycles. The molecule has 0 N–H and O–H groups in total. The first-order chi connectivity index (χ1) is 6.68. The van der Waals surface area contributed by atoms with Crippen molar-refractivity contribution in [1.82, 2.24) is 0 Å². The van der Waals surface area contributed by atoms with Crippen LogP contribution in [-0.4, -0.2) is 4.92 Å². The number of nitrogens with zero attached hydrogens (tertiary/aromatic N) is 1. The lowest BCUT2D eigenvalue weighted by atomic mass is 9.85. The molecule has 0 spiro atoms. The maximum absolute atomic E-state index is 10.6. The monoisotopic (exact) mass is 189 g/mol. The normalized spacial score (nSPS) is 15.2. The maximum Gasteiger partial charge on any atom is 0.270 e. The molecule has 0 fully saturated rings. The first kappa shape index (κ1) is 8.94. The fraction of sp³-hybridized carbons (Fsp3) is 0.273. The van der Waals surface area contributed by atoms with Gasteiger partial charge in [0.1, 0.15) is 0 Å². The fourth-order valence-electron chi connectivity index (χ4n) is 1.70. The van der Waals surface area contributed by atoms with Crippen LogP contribution in [0, 0.1) is 10.1 Å². The molecule has 0 atom stereocenters. The first-order valence-corrected chi connectivity index (χ1v) is 4.62. The minimum absolute atomic E-state index is 0.176. The largest absolute Gasteiger partial charge is 0.270 e. The Bertz CT molecular complexity index is 421. The molecule has 72 valence electrons. The Labute approximate surface area is 82.2 Å². The zero-order valence-corrected chi connectivity index (χ0v) is 7.99. The van der Waals surface area contributed by atoms with Gasteiger partial charge in [0.05, 0.1) is 4.92 Å². The highest BCUT2D eigenvalue weighted by molar-refractivity contribution is 5.74. The summed E-state index contributed by atoms with van der Waals surface area (Å²) in [6.45, 7) is 2.08. The van der Waals surface area contributed by atoms with E-state index in [1.54, 1.807) is 12.1 Å². The number of allylic oxidation sites excluding steroid dienone is 2. The van der Waals surface area contributed by atoms with Crippen LogP contribution in [0.1, 0.15) is 25.3 Å². The molecule has 0 unspecified atom stereocenters. The summed E-state index contributed by atoms with van der Waals surface area (Å²) in [6.07, 6.45) is 2.17. The van der Waals surface area contributed by atoms with Crippen molar-refractivity contribution < 1.29 is 4.92 Å². The van der Waals surface area contributed by atoms with Crippen molar-refractivity contribution in [3.63, 3.8) is 0 Å². The third-order valence-electron chi connectivity index (χ3n) is 2.67. The van der Waals surface area contributed by atoms with Crippen LogP contribution >= 0.6 is 0 Å². The zero-order valence-electron chi connectivity index (χ0n) is 7.99. The number of benzene rings is 1. The minimum atomic E-state index is -0.349. The second kappa shape index (κ2) is 3.25. The standard InChI is InChI=1S/C11H11NO2/c1-8-5-6-11(8)9-3-2-4-10(7-9)12(13)14/h2-4,7H,5-6H2,1H3. The Morgan fingerprint density at radius 1 is 1.36 bits per heavy atom. The van der Waals surface area contributed by atoms with Gasteiger partial charge in [-0.3, -0.25) is 10.1 Å². The van der Waals surface area contributed by atoms with E-state index in [1.165, 1.54) is 17.2 Å². The summed E-state index contributed by atoms with van der Waals surface area (Å²) in [6, 6.07) is 6.85. The Balaban J connectivity index is 2.41. The van der Waals surface area contributed by atoms with Gasteiger partial charge >= 0.3 is 0 Å². The second-order valence-corrected chi connectivity index (χ2v) is 3.57. The van der Waals surface area contributed by atoms with E-state index in [-0.39, 0.29) is 10.6 Å². The van der Waals surface area contributed by atoms with E-state index in [0.29, 0.717) is 0 Å². The third-order valence-corrected chi connectivity index (χ3v) is 2.67. The van der Waals surface area contributed by atoms with Gasteiger partial charge in [0.2, 0.25) is 0 Å². The number of non-ortho nitro benzene ring substituents is 1. The van der Waals surface area contributed by atoms with Gasteiger partial charge in [-0.1, -0.05) is 17.7 Å². The summed E-state index contributed by atoms with van der Waals surface area (Å²) in [5.74, 6) is 0. The molecule has 3 nitrogen and oxygen atoms in total. The third kappa shape index (κ3) is 1.41. The van der Waals surface area contributed by atoms with Gasteiger partial charge in [0.25, 0.3) is 5.69 Å². The van der Waals surface area contributed by atoms with E-state index in [0.717, 1.165) is 18.4 Å². The van der Waals surface area contributed by atoms with Gasteiger partial charge in [0, 0.05) is 12.1 Å². The molecule has 0 bridgehead atoms. The van der Waals surface area contributed by atoms with Crippen LogP contribution in [0.5, 0.6) is 0 Å². The topological polar surface area (TPSA) is 43.1 Å². The van der Waals surface area contributed by atoms with Gasteiger partial charge in [-0.15, -0.1) is 0 Å². The van der Waals surface area contributed by atoms with Gasteiger partial charge in [-0.25, -0.2) is 0 Å². The number of hydrogen-bond acceptors (Lipinski definition) is 2. The van der Waals surface area contributed by atoms with E-state index < -0.39 is 0 Å². The molecule has 0 aliphatic heterocycles. The van der Waals surface area contributed by atoms with Crippen molar-refractivity contribution in [2.45, 2.75) is 19.8 Å². The van der Waals surface area contributed by atoms with Crippen LogP contribution in [-0.2, 0) is 0 Å². The molecule has 14 heavy (non-hydrogen) atoms. The molecule has 0 radical (unpaired) electrons. The predicted octanol–water partition coefficient (Wildman–Crippen LogP) is 3.16. The number of rotatable bonds is 2. The lowest BCUT2D eigenvalue weighted by molar-refractivity contribution is -0.384. The van der Waals surface area contributed by atoms with Crippen molar-refractivity contribution in [3.05, 3.63) is 45.5 Å². The van der Waals surface area contributed by atoms with Gasteiger partial charge in [-0.2, -0.15) is 0 Å². The summed E-state index contributed by atoms with van der Waals surface area (Å²) in [5.41, 5.74) is 3.80. The molecule has 0 amide bonds. The van der Waals surface area contributed by atoms with Crippen LogP contribution < -0.4 is 0 Å². The van der Waals surface area contributed by atoms with Gasteiger partial charge in [0.15, 0.2) is 0 Å². The average molecular weight is 189 g/mol. The summed E-state index contributed by atoms with van der Waals surface area (Å²) in [5, 5.41) is 10.6. The van der Waals surface area contributed by atoms with Crippen molar-refractivity contribution >= 4 is 11.3 Å². The van der Waals surface area contributed by atoms with Gasteiger partial charge < -0.3 is 0 Å². The molecule has 1 aromatic carbocycles. The molecule has 1 aliphatic rings. The summed E-state index contributed by atoms with van der Waals surface area (Å²) < 4.78 is 0. The quantitative estimate of drug-likeness (QED) is 0.529.